The van der Waals surface area contributed by atoms with Crippen LogP contribution in [0.2, 0.25) is 0 Å². The van der Waals surface area contributed by atoms with Gasteiger partial charge in [-0.15, -0.1) is 11.3 Å². The maximum Gasteiger partial charge on any atom is 0.303 e. The molecule has 0 bridgehead atoms. The number of amides is 6. The van der Waals surface area contributed by atoms with Crippen molar-refractivity contribution < 1.29 is 57.7 Å². The Balaban J connectivity index is 1.62. The lowest BCUT2D eigenvalue weighted by atomic mass is 9.89. The molecule has 0 aliphatic carbocycles. The number of nitrogens with zero attached hydrogens (tertiary/aromatic N) is 4. The lowest BCUT2D eigenvalue weighted by molar-refractivity contribution is -0.148. The number of likely N-dealkylation sites (tertiary alicyclic amines) is 1. The number of nitrogens with one attached hydrogen (secondary N) is 4. The number of carbonyl (C=O) groups excluding carboxylic acids is 6. The molecule has 1 aromatic heterocycles. The zero-order valence-electron chi connectivity index (χ0n) is 48.9. The van der Waals surface area contributed by atoms with Gasteiger partial charge in [0.05, 0.1) is 68.5 Å². The van der Waals surface area contributed by atoms with Crippen LogP contribution in [0.25, 0.3) is 0 Å². The van der Waals surface area contributed by atoms with Gasteiger partial charge in [0.2, 0.25) is 35.4 Å². The van der Waals surface area contributed by atoms with Crippen molar-refractivity contribution in [1.82, 2.24) is 41.0 Å². The molecule has 21 nitrogen and oxygen atoms in total. The zero-order valence-corrected chi connectivity index (χ0v) is 49.7. The van der Waals surface area contributed by atoms with Crippen LogP contribution in [0.4, 0.5) is 0 Å². The van der Waals surface area contributed by atoms with Crippen molar-refractivity contribution in [2.45, 2.75) is 174 Å². The van der Waals surface area contributed by atoms with Crippen molar-refractivity contribution in [3.05, 3.63) is 52.5 Å². The van der Waals surface area contributed by atoms with E-state index in [0.29, 0.717) is 45.2 Å². The van der Waals surface area contributed by atoms with E-state index in [4.69, 9.17) is 20.1 Å². The maximum absolute atomic E-state index is 14.7. The molecule has 1 fully saturated rings. The number of benzene rings is 1. The summed E-state index contributed by atoms with van der Waals surface area (Å²) < 4.78 is 17.5. The molecule has 0 radical (unpaired) electrons. The molecule has 1 aromatic carbocycles. The van der Waals surface area contributed by atoms with Crippen LogP contribution in [0.5, 0.6) is 0 Å². The monoisotopic (exact) mass is 1130 g/mol. The van der Waals surface area contributed by atoms with E-state index < -0.39 is 54.2 Å². The number of carbonyl (C=O) groups is 7. The number of likely N-dealkylation sites (N-methyl/N-ethyl adjacent to an activating group) is 2. The Morgan fingerprint density at radius 3 is 2.18 bits per heavy atom. The molecule has 2 heterocycles. The molecular weight excluding hydrogens is 1030 g/mol. The summed E-state index contributed by atoms with van der Waals surface area (Å²) in [5.41, 5.74) is 1.07. The highest BCUT2D eigenvalue weighted by Crippen LogP contribution is 2.31. The number of aromatic nitrogens is 1. The van der Waals surface area contributed by atoms with Crippen LogP contribution in [0, 0.1) is 23.7 Å². The summed E-state index contributed by atoms with van der Waals surface area (Å²) >= 11 is 1.49. The lowest BCUT2D eigenvalue weighted by Gasteiger charge is -2.41. The number of carboxylic acid groups (broad SMARTS) is 1. The van der Waals surface area contributed by atoms with Crippen LogP contribution in [-0.4, -0.2) is 176 Å². The topological polar surface area (TPSA) is 273 Å². The van der Waals surface area contributed by atoms with Crippen LogP contribution >= 0.6 is 11.3 Å². The summed E-state index contributed by atoms with van der Waals surface area (Å²) in [6.07, 6.45) is 5.69. The minimum absolute atomic E-state index is 0.00966. The number of methoxy groups -OCH3 is 2. The van der Waals surface area contributed by atoms with Crippen molar-refractivity contribution in [2.75, 3.05) is 67.8 Å². The quantitative estimate of drug-likeness (QED) is 0.0385. The van der Waals surface area contributed by atoms with E-state index >= 15 is 0 Å². The summed E-state index contributed by atoms with van der Waals surface area (Å²) in [5.74, 6) is 1.09. The third kappa shape index (κ3) is 22.4. The Hall–Kier alpha value is -5.10. The van der Waals surface area contributed by atoms with E-state index in [1.165, 1.54) is 11.3 Å². The number of carboxylic acids is 1. The number of hydrogen-bond donors (Lipinski definition) is 6. The number of unbranched alkanes of at least 4 members (excludes halogenated alkanes) is 3. The third-order valence-electron chi connectivity index (χ3n) is 15.1. The Labute approximate surface area is 473 Å². The summed E-state index contributed by atoms with van der Waals surface area (Å²) in [4.78, 5) is 109. The molecule has 79 heavy (non-hydrogen) atoms. The molecule has 3 rings (SSSR count). The molecule has 1 saturated heterocycles. The van der Waals surface area contributed by atoms with Crippen molar-refractivity contribution in [3.8, 4) is 0 Å². The molecule has 2 aromatic rings. The molecule has 7 N–H and O–H groups in total. The molecule has 446 valence electrons. The molecule has 6 amide bonds. The molecule has 1 aliphatic heterocycles. The van der Waals surface area contributed by atoms with Gasteiger partial charge in [0.15, 0.2) is 0 Å². The predicted octanol–water partition coefficient (Wildman–Crippen LogP) is 4.88. The molecule has 1 aliphatic rings. The van der Waals surface area contributed by atoms with Gasteiger partial charge in [-0.2, -0.15) is 0 Å². The minimum Gasteiger partial charge on any atom is -0.481 e. The highest BCUT2D eigenvalue weighted by Gasteiger charge is 2.43. The van der Waals surface area contributed by atoms with Gasteiger partial charge in [0, 0.05) is 58.8 Å². The van der Waals surface area contributed by atoms with Gasteiger partial charge in [-0.1, -0.05) is 98.1 Å². The Morgan fingerprint density at radius 1 is 0.861 bits per heavy atom. The fraction of sp³-hybridized carbons (Fsp3) is 0.719. The van der Waals surface area contributed by atoms with Crippen molar-refractivity contribution >= 4 is 52.7 Å². The van der Waals surface area contributed by atoms with Crippen LogP contribution in [-0.2, 0) is 59.0 Å². The SMILES string of the molecule is CC[C@H](C)[C@@H]([C@@H](CC(=O)N1CCC[C@H]1[C@H](OC)[C@@H](C)C(=O)N[C@@H](Cc1ccccc1)c1nccs1)OC)N(C)C(=O)[C@@H](NC(=O)[C@H](C(C)C)N(C)CCCCCCC(=O)N[C@@H](CCC(=O)O)C(=O)NCCOCCON)C(C)C. The van der Waals surface area contributed by atoms with Crippen molar-refractivity contribution in [3.63, 3.8) is 0 Å². The Kier molecular flexibility index (Phi) is 31.3. The number of aliphatic carboxylic acids is 1. The highest BCUT2D eigenvalue weighted by molar-refractivity contribution is 7.09. The van der Waals surface area contributed by atoms with E-state index in [2.05, 4.69) is 31.1 Å². The second-order valence-electron chi connectivity index (χ2n) is 21.6. The highest BCUT2D eigenvalue weighted by atomic mass is 32.1. The van der Waals surface area contributed by atoms with Gasteiger partial charge >= 0.3 is 5.97 Å². The van der Waals surface area contributed by atoms with Gasteiger partial charge in [-0.25, -0.2) is 10.9 Å². The first-order valence-electron chi connectivity index (χ1n) is 28.2. The molecule has 22 heteroatoms. The van der Waals surface area contributed by atoms with Crippen molar-refractivity contribution in [1.29, 1.82) is 0 Å². The van der Waals surface area contributed by atoms with Crippen LogP contribution in [0.1, 0.15) is 136 Å². The van der Waals surface area contributed by atoms with E-state index in [0.717, 1.165) is 29.8 Å². The standard InChI is InChI=1S/C57H95N9O12S/c1-12-39(6)51(45(75-10)36-47(68)66-30-20-23-44(66)52(76-11)40(7)53(71)62-43(56-60-28-34-79-56)35-41-21-16-15-17-22-41)65(9)57(74)49(37(2)3)63-55(73)50(38(4)5)64(8)29-19-14-13-18-24-46(67)61-42(25-26-48(69)70)54(72)59-27-31-77-32-33-78-58/h15-17,21-22,28,34,37-40,42-45,49-52H,12-14,18-20,23-27,29-33,35-36,58H2,1-11H3,(H,59,72)(H,61,67)(H,62,71)(H,63,73)(H,69,70)/t39-,40+,42-,43-,44-,45+,49-,50-,51-,52+/m0/s1. The summed E-state index contributed by atoms with van der Waals surface area (Å²) in [7, 11) is 6.75. The summed E-state index contributed by atoms with van der Waals surface area (Å²) in [6.45, 7) is 15.5. The van der Waals surface area contributed by atoms with E-state index in [1.54, 1.807) is 32.4 Å². The van der Waals surface area contributed by atoms with E-state index in [1.807, 2.05) is 101 Å². The van der Waals surface area contributed by atoms with Gasteiger partial charge in [-0.3, -0.25) is 38.5 Å². The summed E-state index contributed by atoms with van der Waals surface area (Å²) in [5, 5.41) is 23.6. The largest absolute Gasteiger partial charge is 0.481 e. The normalized spacial score (nSPS) is 17.1. The Bertz CT molecular complexity index is 2140. The van der Waals surface area contributed by atoms with Crippen LogP contribution in [0.3, 0.4) is 0 Å². The first-order valence-corrected chi connectivity index (χ1v) is 29.1. The van der Waals surface area contributed by atoms with Gasteiger partial charge in [0.1, 0.15) is 17.1 Å². The van der Waals surface area contributed by atoms with Crippen LogP contribution < -0.4 is 27.2 Å². The van der Waals surface area contributed by atoms with Gasteiger partial charge in [-0.05, 0) is 75.4 Å². The molecular formula is C57H95N9O12S. The fourth-order valence-electron chi connectivity index (χ4n) is 10.6. The maximum atomic E-state index is 14.7. The molecule has 0 spiro atoms. The minimum atomic E-state index is -1.08. The second kappa shape index (κ2) is 36.3. The summed E-state index contributed by atoms with van der Waals surface area (Å²) in [6, 6.07) is 6.30. The molecule has 0 saturated carbocycles. The smallest absolute Gasteiger partial charge is 0.303 e. The lowest BCUT2D eigenvalue weighted by Crippen LogP contribution is -2.60. The number of thiazole rings is 1. The Morgan fingerprint density at radius 2 is 1.57 bits per heavy atom. The average Bonchev–Trinajstić information content (AvgIpc) is 4.16. The van der Waals surface area contributed by atoms with Crippen molar-refractivity contribution in [2.24, 2.45) is 29.6 Å². The fourth-order valence-corrected chi connectivity index (χ4v) is 11.3. The molecule has 10 atom stereocenters. The van der Waals surface area contributed by atoms with E-state index in [9.17, 15) is 38.7 Å². The van der Waals surface area contributed by atoms with Gasteiger partial charge < -0.3 is 55.2 Å². The second-order valence-corrected chi connectivity index (χ2v) is 22.5. The third-order valence-corrected chi connectivity index (χ3v) is 16.0. The first-order chi connectivity index (χ1) is 37.7. The average molecular weight is 1130 g/mol. The number of ether oxygens (including phenoxy) is 3. The predicted molar refractivity (Wildman–Crippen MR) is 303 cm³/mol. The molecule has 0 unspecified atom stereocenters. The zero-order chi connectivity index (χ0) is 58.6. The van der Waals surface area contributed by atoms with E-state index in [-0.39, 0.29) is 111 Å². The first kappa shape index (κ1) is 68.2. The van der Waals surface area contributed by atoms with Gasteiger partial charge in [0.25, 0.3) is 0 Å². The number of rotatable bonds is 39. The van der Waals surface area contributed by atoms with Crippen LogP contribution in [0.15, 0.2) is 41.9 Å². The number of nitrogens with two attached hydrogens (primary N) is 1. The number of hydrogen-bond acceptors (Lipinski definition) is 15.